The summed E-state index contributed by atoms with van der Waals surface area (Å²) in [5.74, 6) is -0.670. The van der Waals surface area contributed by atoms with E-state index in [4.69, 9.17) is 9.84 Å². The number of nitrogens with zero attached hydrogens (tertiary/aromatic N) is 1. The van der Waals surface area contributed by atoms with Crippen LogP contribution in [-0.2, 0) is 19.1 Å². The Labute approximate surface area is 232 Å². The molecule has 0 aromatic rings. The van der Waals surface area contributed by atoms with E-state index in [0.29, 0.717) is 19.4 Å². The van der Waals surface area contributed by atoms with Crippen molar-refractivity contribution in [1.29, 1.82) is 0 Å². The zero-order valence-electron chi connectivity index (χ0n) is 26.2. The smallest absolute Gasteiger partial charge is 0.408 e. The molecule has 0 saturated heterocycles. The van der Waals surface area contributed by atoms with Crippen LogP contribution in [0.25, 0.3) is 0 Å². The first-order valence-corrected chi connectivity index (χ1v) is 14.5. The number of unbranched alkanes of at least 4 members (excludes halogenated alkanes) is 1. The van der Waals surface area contributed by atoms with E-state index in [-0.39, 0.29) is 30.7 Å². The molecule has 1 aliphatic carbocycles. The Morgan fingerprint density at radius 3 is 1.89 bits per heavy atom. The Bertz CT molecular complexity index is 638. The summed E-state index contributed by atoms with van der Waals surface area (Å²) in [4.78, 5) is 49.3. The second-order valence-corrected chi connectivity index (χ2v) is 10.6. The standard InChI is InChI=1S/C21H37N3O6.C4H10.2C2H6/c1-21(2,3)30-20(29)23-18(15-10-6-5-7-11-15)19(28)22-14-16(25)24(4)13-9-8-12-17(26)27;1-4(2)3;2*1-2/h15,18H,5-14H2,1-4H3,(H,22,28)(H,23,29)(H,26,27);4H,1-3H3;2*1-2H3. The van der Waals surface area contributed by atoms with Crippen molar-refractivity contribution in [3.05, 3.63) is 0 Å². The second-order valence-electron chi connectivity index (χ2n) is 10.6. The maximum atomic E-state index is 12.8. The summed E-state index contributed by atoms with van der Waals surface area (Å²) in [6, 6.07) is -0.742. The highest BCUT2D eigenvalue weighted by atomic mass is 16.6. The van der Waals surface area contributed by atoms with Crippen molar-refractivity contribution in [3.8, 4) is 0 Å². The third-order valence-electron chi connectivity index (χ3n) is 5.05. The highest BCUT2D eigenvalue weighted by Crippen LogP contribution is 2.27. The highest BCUT2D eigenvalue weighted by molar-refractivity contribution is 5.89. The summed E-state index contributed by atoms with van der Waals surface area (Å²) in [5, 5.41) is 14.0. The molecule has 3 N–H and O–H groups in total. The van der Waals surface area contributed by atoms with Gasteiger partial charge in [-0.25, -0.2) is 4.79 Å². The second kappa shape index (κ2) is 23.8. The number of carbonyl (C=O) groups excluding carboxylic acids is 3. The maximum Gasteiger partial charge on any atom is 0.408 e. The Kier molecular flexibility index (Phi) is 25.1. The van der Waals surface area contributed by atoms with Crippen molar-refractivity contribution in [2.24, 2.45) is 11.8 Å². The minimum Gasteiger partial charge on any atom is -0.481 e. The molecule has 9 nitrogen and oxygen atoms in total. The molecule has 0 bridgehead atoms. The van der Waals surface area contributed by atoms with E-state index < -0.39 is 23.7 Å². The molecule has 1 unspecified atom stereocenters. The van der Waals surface area contributed by atoms with E-state index >= 15 is 0 Å². The van der Waals surface area contributed by atoms with Crippen molar-refractivity contribution >= 4 is 23.9 Å². The van der Waals surface area contributed by atoms with Crippen LogP contribution >= 0.6 is 0 Å². The van der Waals surface area contributed by atoms with Gasteiger partial charge in [0.15, 0.2) is 0 Å². The fourth-order valence-electron chi connectivity index (χ4n) is 3.46. The first kappa shape index (κ1) is 40.2. The van der Waals surface area contributed by atoms with E-state index in [0.717, 1.165) is 38.0 Å². The summed E-state index contributed by atoms with van der Waals surface area (Å²) in [7, 11) is 1.62. The lowest BCUT2D eigenvalue weighted by Crippen LogP contribution is -2.53. The van der Waals surface area contributed by atoms with Gasteiger partial charge in [0.1, 0.15) is 11.6 Å². The van der Waals surface area contributed by atoms with Crippen LogP contribution in [0.15, 0.2) is 0 Å². The normalized spacial score (nSPS) is 13.7. The number of hydrogen-bond acceptors (Lipinski definition) is 5. The Morgan fingerprint density at radius 1 is 0.947 bits per heavy atom. The quantitative estimate of drug-likeness (QED) is 0.289. The third-order valence-corrected chi connectivity index (χ3v) is 5.05. The molecule has 1 fully saturated rings. The van der Waals surface area contributed by atoms with Crippen molar-refractivity contribution in [3.63, 3.8) is 0 Å². The number of carbonyl (C=O) groups is 4. The van der Waals surface area contributed by atoms with Gasteiger partial charge in [-0.05, 0) is 58.3 Å². The minimum absolute atomic E-state index is 0.00937. The predicted octanol–water partition coefficient (Wildman–Crippen LogP) is 6.00. The first-order chi connectivity index (χ1) is 17.7. The summed E-state index contributed by atoms with van der Waals surface area (Å²) >= 11 is 0. The average Bonchev–Trinajstić information content (AvgIpc) is 2.84. The van der Waals surface area contributed by atoms with Gasteiger partial charge in [-0.2, -0.15) is 0 Å². The minimum atomic E-state index is -0.859. The van der Waals surface area contributed by atoms with Crippen LogP contribution in [0.5, 0.6) is 0 Å². The summed E-state index contributed by atoms with van der Waals surface area (Å²) in [5.41, 5.74) is -0.670. The fraction of sp³-hybridized carbons (Fsp3) is 0.862. The van der Waals surface area contributed by atoms with Gasteiger partial charge in [0, 0.05) is 20.0 Å². The van der Waals surface area contributed by atoms with Gasteiger partial charge in [0.2, 0.25) is 11.8 Å². The van der Waals surface area contributed by atoms with Gasteiger partial charge in [0.25, 0.3) is 0 Å². The number of rotatable bonds is 10. The van der Waals surface area contributed by atoms with Gasteiger partial charge in [-0.15, -0.1) is 0 Å². The van der Waals surface area contributed by atoms with Crippen LogP contribution in [0.2, 0.25) is 0 Å². The lowest BCUT2D eigenvalue weighted by molar-refractivity contribution is -0.137. The summed E-state index contributed by atoms with van der Waals surface area (Å²) < 4.78 is 5.30. The molecule has 38 heavy (non-hydrogen) atoms. The van der Waals surface area contributed by atoms with E-state index in [2.05, 4.69) is 31.4 Å². The molecule has 0 heterocycles. The number of ether oxygens (including phenoxy) is 1. The van der Waals surface area contributed by atoms with Gasteiger partial charge in [0.05, 0.1) is 6.54 Å². The van der Waals surface area contributed by atoms with E-state index in [1.165, 1.54) is 4.90 Å². The number of carboxylic acids is 1. The number of carboxylic acid groups (broad SMARTS) is 1. The number of amides is 3. The van der Waals surface area contributed by atoms with Crippen LogP contribution in [-0.4, -0.2) is 65.7 Å². The van der Waals surface area contributed by atoms with E-state index in [9.17, 15) is 19.2 Å². The number of alkyl carbamates (subject to hydrolysis) is 1. The topological polar surface area (TPSA) is 125 Å². The van der Waals surface area contributed by atoms with Gasteiger partial charge in [-0.1, -0.05) is 67.7 Å². The lowest BCUT2D eigenvalue weighted by Gasteiger charge is -2.31. The van der Waals surface area contributed by atoms with Crippen LogP contribution in [0.4, 0.5) is 4.79 Å². The molecule has 226 valence electrons. The molecule has 0 radical (unpaired) electrons. The van der Waals surface area contributed by atoms with Crippen molar-refractivity contribution in [2.45, 2.75) is 132 Å². The van der Waals surface area contributed by atoms with Crippen molar-refractivity contribution < 1.29 is 29.0 Å². The maximum absolute atomic E-state index is 12.8. The molecule has 9 heteroatoms. The first-order valence-electron chi connectivity index (χ1n) is 14.5. The highest BCUT2D eigenvalue weighted by Gasteiger charge is 2.32. The van der Waals surface area contributed by atoms with Gasteiger partial charge >= 0.3 is 12.1 Å². The number of aliphatic carboxylic acids is 1. The number of hydrogen-bond donors (Lipinski definition) is 3. The SMILES string of the molecule is CC.CC.CC(C)C.CN(CCCCC(=O)O)C(=O)CNC(=O)C(NC(=O)OC(C)(C)C)C1CCCCC1. The molecular formula is C29H59N3O6. The van der Waals surface area contributed by atoms with E-state index in [1.54, 1.807) is 27.8 Å². The molecule has 0 aromatic heterocycles. The Balaban J connectivity index is -0.00000136. The van der Waals surface area contributed by atoms with Gasteiger partial charge < -0.3 is 25.4 Å². The predicted molar refractivity (Wildman–Crippen MR) is 155 cm³/mol. The fourth-order valence-corrected chi connectivity index (χ4v) is 3.46. The van der Waals surface area contributed by atoms with Crippen molar-refractivity contribution in [2.75, 3.05) is 20.1 Å². The Hall–Kier alpha value is -2.32. The summed E-state index contributed by atoms with van der Waals surface area (Å²) in [6.45, 7) is 20.0. The van der Waals surface area contributed by atoms with Crippen LogP contribution < -0.4 is 10.6 Å². The van der Waals surface area contributed by atoms with Gasteiger partial charge in [-0.3, -0.25) is 14.4 Å². The molecule has 0 spiro atoms. The molecule has 1 aliphatic rings. The zero-order chi connectivity index (χ0) is 30.3. The number of nitrogens with one attached hydrogen (secondary N) is 2. The third kappa shape index (κ3) is 24.0. The molecular weight excluding hydrogens is 486 g/mol. The summed E-state index contributed by atoms with van der Waals surface area (Å²) in [6.07, 6.45) is 5.29. The average molecular weight is 546 g/mol. The van der Waals surface area contributed by atoms with Crippen LogP contribution in [0.1, 0.15) is 121 Å². The molecule has 3 amide bonds. The van der Waals surface area contributed by atoms with Crippen molar-refractivity contribution in [1.82, 2.24) is 15.5 Å². The van der Waals surface area contributed by atoms with Crippen LogP contribution in [0.3, 0.4) is 0 Å². The Morgan fingerprint density at radius 2 is 1.45 bits per heavy atom. The molecule has 1 atom stereocenters. The molecule has 0 aromatic carbocycles. The molecule has 1 saturated carbocycles. The molecule has 0 aliphatic heterocycles. The van der Waals surface area contributed by atoms with E-state index in [1.807, 2.05) is 27.7 Å². The lowest BCUT2D eigenvalue weighted by atomic mass is 9.83. The van der Waals surface area contributed by atoms with Crippen LogP contribution in [0, 0.1) is 11.8 Å². The largest absolute Gasteiger partial charge is 0.481 e. The molecule has 1 rings (SSSR count). The monoisotopic (exact) mass is 545 g/mol. The zero-order valence-corrected chi connectivity index (χ0v) is 26.2. The number of likely N-dealkylation sites (N-methyl/N-ethyl adjacent to an activating group) is 1.